The number of carboxylic acid groups (broad SMARTS) is 1. The summed E-state index contributed by atoms with van der Waals surface area (Å²) in [6.07, 6.45) is 34.0. The van der Waals surface area contributed by atoms with Gasteiger partial charge in [-0.2, -0.15) is 0 Å². The molecule has 0 spiro atoms. The summed E-state index contributed by atoms with van der Waals surface area (Å²) in [4.78, 5) is 25.2. The third-order valence-electron chi connectivity index (χ3n) is 8.83. The number of hydrogen-bond acceptors (Lipinski definition) is 3. The minimum Gasteiger partial charge on any atom is -0.481 e. The number of hydrogen-bond donors (Lipinski definition) is 1. The molecule has 0 bridgehead atoms. The molecule has 3 atom stereocenters. The maximum absolute atomic E-state index is 13.3. The molecule has 0 fully saturated rings. The van der Waals surface area contributed by atoms with Gasteiger partial charge in [-0.15, -0.1) is 0 Å². The van der Waals surface area contributed by atoms with Crippen LogP contribution in [0.15, 0.2) is 12.2 Å². The number of carbonyl (C=O) groups is 2. The lowest BCUT2D eigenvalue weighted by molar-refractivity contribution is -0.168. The monoisotopic (exact) mass is 548 g/mol. The molecule has 0 aromatic heterocycles. The average molecular weight is 549 g/mol. The number of esters is 1. The van der Waals surface area contributed by atoms with Crippen molar-refractivity contribution in [3.63, 3.8) is 0 Å². The summed E-state index contributed by atoms with van der Waals surface area (Å²) in [6.45, 7) is 6.28. The molecule has 0 saturated carbocycles. The number of aliphatic carboxylic acids is 1. The standard InChI is InChI=1S/C35H64O4/c1-4-6-8-10-12-14-16-18-20-22-24-28-31(27-23-21-19-17-15-13-11-9-7-5-2)39-34(38)35(3)30-26-25-29-32(35)33(36)37/h26,30-32H,4-25,27-29H2,1-3H3,(H,36,37). The molecule has 0 saturated heterocycles. The fourth-order valence-corrected chi connectivity index (χ4v) is 6.03. The first-order chi connectivity index (χ1) is 19.0. The van der Waals surface area contributed by atoms with Gasteiger partial charge in [-0.05, 0) is 45.4 Å². The molecule has 1 aliphatic carbocycles. The topological polar surface area (TPSA) is 63.6 Å². The van der Waals surface area contributed by atoms with E-state index in [0.29, 0.717) is 12.8 Å². The van der Waals surface area contributed by atoms with Crippen LogP contribution in [0.25, 0.3) is 0 Å². The third-order valence-corrected chi connectivity index (χ3v) is 8.83. The highest BCUT2D eigenvalue weighted by Crippen LogP contribution is 2.38. The fraction of sp³-hybridized carbons (Fsp3) is 0.886. The van der Waals surface area contributed by atoms with Crippen LogP contribution < -0.4 is 0 Å². The Balaban J connectivity index is 2.42. The third kappa shape index (κ3) is 16.5. The molecule has 0 radical (unpaired) electrons. The van der Waals surface area contributed by atoms with E-state index < -0.39 is 17.3 Å². The van der Waals surface area contributed by atoms with Gasteiger partial charge in [0.05, 0.1) is 11.3 Å². The van der Waals surface area contributed by atoms with Crippen LogP contribution in [-0.4, -0.2) is 23.1 Å². The van der Waals surface area contributed by atoms with Crippen LogP contribution in [-0.2, 0) is 14.3 Å². The average Bonchev–Trinajstić information content (AvgIpc) is 2.92. The second-order valence-corrected chi connectivity index (χ2v) is 12.5. The number of carbonyl (C=O) groups excluding carboxylic acids is 1. The minimum atomic E-state index is -1.06. The highest BCUT2D eigenvalue weighted by atomic mass is 16.5. The lowest BCUT2D eigenvalue weighted by Crippen LogP contribution is -2.42. The van der Waals surface area contributed by atoms with Gasteiger partial charge in [0.1, 0.15) is 6.10 Å². The molecule has 1 rings (SSSR count). The van der Waals surface area contributed by atoms with Crippen LogP contribution in [0, 0.1) is 11.3 Å². The Kier molecular flexibility index (Phi) is 21.4. The van der Waals surface area contributed by atoms with Crippen molar-refractivity contribution in [2.45, 2.75) is 187 Å². The van der Waals surface area contributed by atoms with Crippen molar-refractivity contribution in [2.24, 2.45) is 11.3 Å². The summed E-state index contributed by atoms with van der Waals surface area (Å²) in [7, 11) is 0. The molecular formula is C35H64O4. The van der Waals surface area contributed by atoms with E-state index >= 15 is 0 Å². The first kappa shape index (κ1) is 35.7. The van der Waals surface area contributed by atoms with Gasteiger partial charge in [-0.1, -0.05) is 148 Å². The molecule has 0 aliphatic heterocycles. The van der Waals surface area contributed by atoms with Gasteiger partial charge in [0.15, 0.2) is 0 Å². The van der Waals surface area contributed by atoms with Gasteiger partial charge in [-0.25, -0.2) is 0 Å². The fourth-order valence-electron chi connectivity index (χ4n) is 6.03. The predicted octanol–water partition coefficient (Wildman–Crippen LogP) is 11.0. The second kappa shape index (κ2) is 23.4. The predicted molar refractivity (Wildman–Crippen MR) is 165 cm³/mol. The first-order valence-electron chi connectivity index (χ1n) is 17.1. The molecule has 0 amide bonds. The van der Waals surface area contributed by atoms with Gasteiger partial charge in [-0.3, -0.25) is 9.59 Å². The maximum atomic E-state index is 13.3. The SMILES string of the molecule is CCCCCCCCCCCCCC(CCCCCCCCCCCC)OC(=O)C1(C)C=CCCC1C(=O)O. The Morgan fingerprint density at radius 3 is 1.49 bits per heavy atom. The van der Waals surface area contributed by atoms with Crippen molar-refractivity contribution in [3.8, 4) is 0 Å². The smallest absolute Gasteiger partial charge is 0.316 e. The summed E-state index contributed by atoms with van der Waals surface area (Å²) in [6, 6.07) is 0. The summed E-state index contributed by atoms with van der Waals surface area (Å²) < 4.78 is 6.09. The first-order valence-corrected chi connectivity index (χ1v) is 17.1. The minimum absolute atomic E-state index is 0.0910. The van der Waals surface area contributed by atoms with E-state index in [-0.39, 0.29) is 12.1 Å². The van der Waals surface area contributed by atoms with Crippen molar-refractivity contribution >= 4 is 11.9 Å². The van der Waals surface area contributed by atoms with E-state index in [0.717, 1.165) is 25.7 Å². The number of unbranched alkanes of at least 4 members (excludes halogenated alkanes) is 19. The van der Waals surface area contributed by atoms with E-state index in [1.54, 1.807) is 13.0 Å². The Hall–Kier alpha value is -1.32. The number of ether oxygens (including phenoxy) is 1. The van der Waals surface area contributed by atoms with Crippen LogP contribution in [0.4, 0.5) is 0 Å². The van der Waals surface area contributed by atoms with Crippen LogP contribution in [0.5, 0.6) is 0 Å². The van der Waals surface area contributed by atoms with Crippen molar-refractivity contribution in [3.05, 3.63) is 12.2 Å². The van der Waals surface area contributed by atoms with Crippen LogP contribution >= 0.6 is 0 Å². The molecule has 39 heavy (non-hydrogen) atoms. The Morgan fingerprint density at radius 1 is 0.718 bits per heavy atom. The molecular weight excluding hydrogens is 484 g/mol. The summed E-state index contributed by atoms with van der Waals surface area (Å²) >= 11 is 0. The highest BCUT2D eigenvalue weighted by molar-refractivity contribution is 5.86. The molecule has 4 nitrogen and oxygen atoms in total. The normalized spacial score (nSPS) is 19.7. The zero-order valence-corrected chi connectivity index (χ0v) is 26.2. The van der Waals surface area contributed by atoms with Crippen molar-refractivity contribution in [1.29, 1.82) is 0 Å². The Morgan fingerprint density at radius 2 is 1.10 bits per heavy atom. The molecule has 4 heteroatoms. The number of carboxylic acids is 1. The van der Waals surface area contributed by atoms with Crippen molar-refractivity contribution < 1.29 is 19.4 Å². The molecule has 3 unspecified atom stereocenters. The largest absolute Gasteiger partial charge is 0.481 e. The van der Waals surface area contributed by atoms with E-state index in [9.17, 15) is 14.7 Å². The molecule has 0 heterocycles. The summed E-state index contributed by atoms with van der Waals surface area (Å²) in [5, 5.41) is 9.74. The molecule has 228 valence electrons. The van der Waals surface area contributed by atoms with E-state index in [2.05, 4.69) is 13.8 Å². The molecule has 1 N–H and O–H groups in total. The van der Waals surface area contributed by atoms with E-state index in [1.165, 1.54) is 122 Å². The molecule has 0 aromatic rings. The maximum Gasteiger partial charge on any atom is 0.316 e. The van der Waals surface area contributed by atoms with Crippen molar-refractivity contribution in [1.82, 2.24) is 0 Å². The number of rotatable bonds is 26. The molecule has 0 aromatic carbocycles. The van der Waals surface area contributed by atoms with E-state index in [4.69, 9.17) is 4.74 Å². The van der Waals surface area contributed by atoms with Crippen LogP contribution in [0.3, 0.4) is 0 Å². The van der Waals surface area contributed by atoms with Gasteiger partial charge in [0.2, 0.25) is 0 Å². The lowest BCUT2D eigenvalue weighted by Gasteiger charge is -2.34. The van der Waals surface area contributed by atoms with Gasteiger partial charge < -0.3 is 9.84 Å². The quantitative estimate of drug-likeness (QED) is 0.0663. The second-order valence-electron chi connectivity index (χ2n) is 12.5. The van der Waals surface area contributed by atoms with E-state index in [1.807, 2.05) is 6.08 Å². The highest BCUT2D eigenvalue weighted by Gasteiger charge is 2.46. The number of allylic oxidation sites excluding steroid dienone is 1. The summed E-state index contributed by atoms with van der Waals surface area (Å²) in [5.41, 5.74) is -1.06. The van der Waals surface area contributed by atoms with Crippen LogP contribution in [0.2, 0.25) is 0 Å². The van der Waals surface area contributed by atoms with Crippen molar-refractivity contribution in [2.75, 3.05) is 0 Å². The van der Waals surface area contributed by atoms with Gasteiger partial charge in [0.25, 0.3) is 0 Å². The van der Waals surface area contributed by atoms with Gasteiger partial charge >= 0.3 is 11.9 Å². The van der Waals surface area contributed by atoms with Gasteiger partial charge in [0, 0.05) is 0 Å². The zero-order chi connectivity index (χ0) is 28.6. The lowest BCUT2D eigenvalue weighted by atomic mass is 9.71. The van der Waals surface area contributed by atoms with Crippen LogP contribution in [0.1, 0.15) is 181 Å². The summed E-state index contributed by atoms with van der Waals surface area (Å²) in [5.74, 6) is -1.93. The zero-order valence-electron chi connectivity index (χ0n) is 26.2. The Bertz CT molecular complexity index is 643. The molecule has 1 aliphatic rings. The Labute approximate surface area is 242 Å².